The fraction of sp³-hybridized carbons (Fsp3) is 0.667. The first-order valence-electron chi connectivity index (χ1n) is 5.94. The van der Waals surface area contributed by atoms with E-state index in [4.69, 9.17) is 9.63 Å². The second-order valence-corrected chi connectivity index (χ2v) is 4.53. The predicted molar refractivity (Wildman–Crippen MR) is 65.2 cm³/mol. The SMILES string of the molecule is Cc1noc(C)c1CN(CCC(=O)O)CC(C)O. The maximum Gasteiger partial charge on any atom is 0.304 e. The maximum absolute atomic E-state index is 10.6. The van der Waals surface area contributed by atoms with E-state index in [1.807, 2.05) is 18.7 Å². The number of aliphatic hydroxyl groups excluding tert-OH is 1. The van der Waals surface area contributed by atoms with E-state index in [0.717, 1.165) is 17.0 Å². The summed E-state index contributed by atoms with van der Waals surface area (Å²) in [5.41, 5.74) is 1.76. The Kier molecular flexibility index (Phi) is 5.30. The van der Waals surface area contributed by atoms with Gasteiger partial charge in [-0.25, -0.2) is 0 Å². The summed E-state index contributed by atoms with van der Waals surface area (Å²) in [6, 6.07) is 0. The molecule has 0 aliphatic rings. The van der Waals surface area contributed by atoms with E-state index in [-0.39, 0.29) is 6.42 Å². The largest absolute Gasteiger partial charge is 0.481 e. The van der Waals surface area contributed by atoms with Crippen LogP contribution in [0, 0.1) is 13.8 Å². The molecule has 0 aliphatic carbocycles. The highest BCUT2D eigenvalue weighted by atomic mass is 16.5. The second-order valence-electron chi connectivity index (χ2n) is 4.53. The molecule has 0 saturated carbocycles. The van der Waals surface area contributed by atoms with Gasteiger partial charge in [0.1, 0.15) is 5.76 Å². The molecule has 0 amide bonds. The van der Waals surface area contributed by atoms with E-state index < -0.39 is 12.1 Å². The highest BCUT2D eigenvalue weighted by Crippen LogP contribution is 2.15. The average molecular weight is 256 g/mol. The Bertz CT molecular complexity index is 381. The average Bonchev–Trinajstić information content (AvgIpc) is 2.56. The van der Waals surface area contributed by atoms with Crippen LogP contribution in [0.3, 0.4) is 0 Å². The number of aliphatic carboxylic acids is 1. The standard InChI is InChI=1S/C12H20N2O4/c1-8(15)6-14(5-4-12(16)17)7-11-9(2)13-18-10(11)3/h8,15H,4-7H2,1-3H3,(H,16,17). The van der Waals surface area contributed by atoms with Crippen molar-refractivity contribution in [1.29, 1.82) is 0 Å². The molecule has 102 valence electrons. The number of hydrogen-bond acceptors (Lipinski definition) is 5. The summed E-state index contributed by atoms with van der Waals surface area (Å²) >= 11 is 0. The van der Waals surface area contributed by atoms with Crippen LogP contribution in [0.4, 0.5) is 0 Å². The van der Waals surface area contributed by atoms with Crippen molar-refractivity contribution < 1.29 is 19.5 Å². The molecule has 0 aliphatic heterocycles. The van der Waals surface area contributed by atoms with Crippen molar-refractivity contribution in [2.75, 3.05) is 13.1 Å². The summed E-state index contributed by atoms with van der Waals surface area (Å²) in [5, 5.41) is 22.0. The maximum atomic E-state index is 10.6. The monoisotopic (exact) mass is 256 g/mol. The molecule has 0 aromatic carbocycles. The topological polar surface area (TPSA) is 86.8 Å². The quantitative estimate of drug-likeness (QED) is 0.755. The number of aromatic nitrogens is 1. The Morgan fingerprint density at radius 3 is 2.61 bits per heavy atom. The van der Waals surface area contributed by atoms with E-state index in [9.17, 15) is 9.90 Å². The minimum absolute atomic E-state index is 0.0517. The highest BCUT2D eigenvalue weighted by Gasteiger charge is 2.16. The van der Waals surface area contributed by atoms with Gasteiger partial charge in [-0.1, -0.05) is 5.16 Å². The molecule has 1 aromatic heterocycles. The Labute approximate surface area is 106 Å². The molecule has 1 unspecified atom stereocenters. The zero-order valence-electron chi connectivity index (χ0n) is 11.0. The molecule has 1 rings (SSSR count). The molecule has 2 N–H and O–H groups in total. The van der Waals surface area contributed by atoms with E-state index in [0.29, 0.717) is 19.6 Å². The molecular formula is C12H20N2O4. The molecule has 6 nitrogen and oxygen atoms in total. The van der Waals surface area contributed by atoms with Crippen LogP contribution in [0.25, 0.3) is 0 Å². The number of carboxylic acids is 1. The Morgan fingerprint density at radius 1 is 1.50 bits per heavy atom. The van der Waals surface area contributed by atoms with Gasteiger partial charge >= 0.3 is 5.97 Å². The van der Waals surface area contributed by atoms with Gasteiger partial charge < -0.3 is 14.7 Å². The van der Waals surface area contributed by atoms with Crippen LogP contribution in [-0.4, -0.2) is 45.4 Å². The summed E-state index contributed by atoms with van der Waals surface area (Å²) in [7, 11) is 0. The normalized spacial score (nSPS) is 12.9. The summed E-state index contributed by atoms with van der Waals surface area (Å²) < 4.78 is 5.07. The third-order valence-electron chi connectivity index (χ3n) is 2.73. The van der Waals surface area contributed by atoms with Crippen molar-refractivity contribution in [3.63, 3.8) is 0 Å². The Morgan fingerprint density at radius 2 is 2.17 bits per heavy atom. The van der Waals surface area contributed by atoms with Crippen LogP contribution in [0.2, 0.25) is 0 Å². The van der Waals surface area contributed by atoms with Crippen LogP contribution in [-0.2, 0) is 11.3 Å². The summed E-state index contributed by atoms with van der Waals surface area (Å²) in [6.45, 7) is 6.72. The van der Waals surface area contributed by atoms with Crippen LogP contribution in [0.15, 0.2) is 4.52 Å². The van der Waals surface area contributed by atoms with Crippen molar-refractivity contribution in [2.24, 2.45) is 0 Å². The van der Waals surface area contributed by atoms with Crippen LogP contribution >= 0.6 is 0 Å². The van der Waals surface area contributed by atoms with Gasteiger partial charge in [-0.3, -0.25) is 9.69 Å². The first kappa shape index (κ1) is 14.7. The van der Waals surface area contributed by atoms with E-state index in [2.05, 4.69) is 5.16 Å². The minimum atomic E-state index is -0.843. The van der Waals surface area contributed by atoms with Crippen molar-refractivity contribution in [3.8, 4) is 0 Å². The lowest BCUT2D eigenvalue weighted by Crippen LogP contribution is -2.32. The van der Waals surface area contributed by atoms with Crippen molar-refractivity contribution in [2.45, 2.75) is 39.8 Å². The molecule has 1 atom stereocenters. The van der Waals surface area contributed by atoms with Gasteiger partial charge in [0.15, 0.2) is 0 Å². The van der Waals surface area contributed by atoms with Crippen LogP contribution < -0.4 is 0 Å². The van der Waals surface area contributed by atoms with E-state index >= 15 is 0 Å². The van der Waals surface area contributed by atoms with Crippen LogP contribution in [0.5, 0.6) is 0 Å². The predicted octanol–water partition coefficient (Wildman–Crippen LogP) is 0.949. The number of aryl methyl sites for hydroxylation is 2. The van der Waals surface area contributed by atoms with Gasteiger partial charge in [-0.2, -0.15) is 0 Å². The van der Waals surface area contributed by atoms with E-state index in [1.165, 1.54) is 0 Å². The van der Waals surface area contributed by atoms with Gasteiger partial charge in [0, 0.05) is 25.2 Å². The lowest BCUT2D eigenvalue weighted by molar-refractivity contribution is -0.137. The molecule has 0 radical (unpaired) electrons. The first-order valence-corrected chi connectivity index (χ1v) is 5.94. The van der Waals surface area contributed by atoms with Crippen molar-refractivity contribution >= 4 is 5.97 Å². The number of aliphatic hydroxyl groups is 1. The van der Waals surface area contributed by atoms with Gasteiger partial charge in [0.2, 0.25) is 0 Å². The number of carboxylic acid groups (broad SMARTS) is 1. The molecule has 0 saturated heterocycles. The van der Waals surface area contributed by atoms with Crippen molar-refractivity contribution in [3.05, 3.63) is 17.0 Å². The number of carbonyl (C=O) groups is 1. The number of nitrogens with zero attached hydrogens (tertiary/aromatic N) is 2. The zero-order valence-corrected chi connectivity index (χ0v) is 11.0. The van der Waals surface area contributed by atoms with Gasteiger partial charge in [0.05, 0.1) is 18.2 Å². The molecule has 0 bridgehead atoms. The third-order valence-corrected chi connectivity index (χ3v) is 2.73. The van der Waals surface area contributed by atoms with Gasteiger partial charge in [-0.15, -0.1) is 0 Å². The van der Waals surface area contributed by atoms with Gasteiger partial charge in [-0.05, 0) is 20.8 Å². The van der Waals surface area contributed by atoms with E-state index in [1.54, 1.807) is 6.92 Å². The molecule has 1 heterocycles. The molecule has 18 heavy (non-hydrogen) atoms. The summed E-state index contributed by atoms with van der Waals surface area (Å²) in [6.07, 6.45) is -0.449. The fourth-order valence-corrected chi connectivity index (χ4v) is 1.81. The number of hydrogen-bond donors (Lipinski definition) is 2. The minimum Gasteiger partial charge on any atom is -0.481 e. The molecule has 6 heteroatoms. The van der Waals surface area contributed by atoms with Crippen LogP contribution in [0.1, 0.15) is 30.4 Å². The third kappa shape index (κ3) is 4.46. The summed E-state index contributed by atoms with van der Waals surface area (Å²) in [4.78, 5) is 12.5. The molecule has 0 spiro atoms. The molecular weight excluding hydrogens is 236 g/mol. The second kappa shape index (κ2) is 6.51. The highest BCUT2D eigenvalue weighted by molar-refractivity contribution is 5.66. The smallest absolute Gasteiger partial charge is 0.304 e. The fourth-order valence-electron chi connectivity index (χ4n) is 1.81. The zero-order chi connectivity index (χ0) is 13.7. The molecule has 0 fully saturated rings. The molecule has 1 aromatic rings. The number of rotatable bonds is 7. The Balaban J connectivity index is 2.68. The Hall–Kier alpha value is -1.40. The lowest BCUT2D eigenvalue weighted by Gasteiger charge is -2.22. The first-order chi connectivity index (χ1) is 8.40. The van der Waals surface area contributed by atoms with Gasteiger partial charge in [0.25, 0.3) is 0 Å². The lowest BCUT2D eigenvalue weighted by atomic mass is 10.2. The van der Waals surface area contributed by atoms with Crippen molar-refractivity contribution in [1.82, 2.24) is 10.1 Å². The summed E-state index contributed by atoms with van der Waals surface area (Å²) in [5.74, 6) is -0.109.